The normalized spacial score (nSPS) is 19.1. The third-order valence-corrected chi connectivity index (χ3v) is 4.78. The molecule has 0 unspecified atom stereocenters. The molecule has 1 aliphatic heterocycles. The molecule has 0 spiro atoms. The van der Waals surface area contributed by atoms with E-state index < -0.39 is 0 Å². The number of amides is 2. The summed E-state index contributed by atoms with van der Waals surface area (Å²) in [5.74, 6) is 0.746. The third-order valence-electron chi connectivity index (χ3n) is 4.78. The van der Waals surface area contributed by atoms with E-state index in [0.29, 0.717) is 6.61 Å². The van der Waals surface area contributed by atoms with E-state index in [1.54, 1.807) is 0 Å². The van der Waals surface area contributed by atoms with Crippen LogP contribution in [-0.4, -0.2) is 42.7 Å². The Kier molecular flexibility index (Phi) is 5.61. The van der Waals surface area contributed by atoms with E-state index >= 15 is 0 Å². The largest absolute Gasteiger partial charge is 0.491 e. The van der Waals surface area contributed by atoms with Gasteiger partial charge in [-0.05, 0) is 56.7 Å². The Balaban J connectivity index is 1.51. The summed E-state index contributed by atoms with van der Waals surface area (Å²) in [5, 5.41) is 6.06. The van der Waals surface area contributed by atoms with Crippen molar-refractivity contribution in [1.29, 1.82) is 0 Å². The van der Waals surface area contributed by atoms with Crippen LogP contribution in [0.5, 0.6) is 5.75 Å². The Morgan fingerprint density at radius 1 is 1.25 bits per heavy atom. The average Bonchev–Trinajstić information content (AvgIpc) is 3.40. The number of nitrogens with one attached hydrogen (secondary N) is 2. The van der Waals surface area contributed by atoms with Crippen molar-refractivity contribution in [2.75, 3.05) is 25.0 Å². The van der Waals surface area contributed by atoms with Gasteiger partial charge in [-0.2, -0.15) is 0 Å². The van der Waals surface area contributed by atoms with E-state index in [0.717, 1.165) is 55.4 Å². The highest BCUT2D eigenvalue weighted by atomic mass is 16.5. The molecule has 24 heavy (non-hydrogen) atoms. The lowest BCUT2D eigenvalue weighted by molar-refractivity contribution is 0.189. The van der Waals surface area contributed by atoms with Gasteiger partial charge in [-0.1, -0.05) is 13.0 Å². The van der Waals surface area contributed by atoms with Crippen molar-refractivity contribution in [2.45, 2.75) is 58.0 Å². The first-order chi connectivity index (χ1) is 11.7. The number of carbonyl (C=O) groups is 1. The van der Waals surface area contributed by atoms with Gasteiger partial charge in [0.2, 0.25) is 0 Å². The molecule has 1 saturated heterocycles. The number of hydrogen-bond donors (Lipinski definition) is 2. The molecule has 2 fully saturated rings. The maximum atomic E-state index is 12.3. The second kappa shape index (κ2) is 7.88. The van der Waals surface area contributed by atoms with Crippen LogP contribution < -0.4 is 15.4 Å². The van der Waals surface area contributed by atoms with Gasteiger partial charge in [0.05, 0.1) is 12.3 Å². The lowest BCUT2D eigenvalue weighted by Gasteiger charge is -2.32. The molecule has 0 atom stereocenters. The highest BCUT2D eigenvalue weighted by Gasteiger charge is 2.32. The van der Waals surface area contributed by atoms with Gasteiger partial charge in [-0.3, -0.25) is 0 Å². The minimum absolute atomic E-state index is 0.134. The van der Waals surface area contributed by atoms with Gasteiger partial charge in [0.1, 0.15) is 5.75 Å². The minimum Gasteiger partial charge on any atom is -0.491 e. The molecule has 1 aliphatic carbocycles. The molecule has 0 bridgehead atoms. The van der Waals surface area contributed by atoms with E-state index in [1.807, 2.05) is 25.1 Å². The van der Waals surface area contributed by atoms with E-state index in [2.05, 4.69) is 22.5 Å². The van der Waals surface area contributed by atoms with Crippen molar-refractivity contribution in [1.82, 2.24) is 10.2 Å². The van der Waals surface area contributed by atoms with Crippen LogP contribution in [0.15, 0.2) is 18.2 Å². The monoisotopic (exact) mass is 331 g/mol. The molecule has 1 saturated carbocycles. The summed E-state index contributed by atoms with van der Waals surface area (Å²) in [6, 6.07) is 6.83. The van der Waals surface area contributed by atoms with Crippen molar-refractivity contribution >= 4 is 11.7 Å². The molecule has 1 aromatic rings. The summed E-state index contributed by atoms with van der Waals surface area (Å²) < 4.78 is 5.76. The summed E-state index contributed by atoms with van der Waals surface area (Å²) in [7, 11) is 0. The summed E-state index contributed by atoms with van der Waals surface area (Å²) in [5.41, 5.74) is 1.86. The second-order valence-electron chi connectivity index (χ2n) is 6.99. The molecular formula is C19H29N3O2. The molecule has 2 aliphatic rings. The molecule has 5 nitrogen and oxygen atoms in total. The van der Waals surface area contributed by atoms with Crippen LogP contribution in [0.25, 0.3) is 0 Å². The number of benzene rings is 1. The van der Waals surface area contributed by atoms with Crippen molar-refractivity contribution in [2.24, 2.45) is 0 Å². The summed E-state index contributed by atoms with van der Waals surface area (Å²) in [6.45, 7) is 6.95. The van der Waals surface area contributed by atoms with Crippen LogP contribution in [0.3, 0.4) is 0 Å². The Labute approximate surface area is 144 Å². The molecule has 132 valence electrons. The van der Waals surface area contributed by atoms with Crippen LogP contribution in [-0.2, 0) is 0 Å². The van der Waals surface area contributed by atoms with Gasteiger partial charge in [0.15, 0.2) is 0 Å². The number of nitrogens with zero attached hydrogens (tertiary/aromatic N) is 1. The number of urea groups is 1. The Hall–Kier alpha value is -1.75. The smallest absolute Gasteiger partial charge is 0.319 e. The first kappa shape index (κ1) is 17.1. The van der Waals surface area contributed by atoms with Gasteiger partial charge < -0.3 is 20.3 Å². The molecule has 0 aromatic heterocycles. The zero-order chi connectivity index (χ0) is 16.9. The quantitative estimate of drug-likeness (QED) is 0.838. The maximum absolute atomic E-state index is 12.3. The highest BCUT2D eigenvalue weighted by molar-refractivity contribution is 5.91. The number of likely N-dealkylation sites (tertiary alicyclic amines) is 1. The number of ether oxygens (including phenoxy) is 1. The Bertz CT molecular complexity index is 564. The molecule has 2 N–H and O–H groups in total. The fourth-order valence-corrected chi connectivity index (χ4v) is 3.26. The molecule has 1 heterocycles. The van der Waals surface area contributed by atoms with Crippen LogP contribution in [0, 0.1) is 6.92 Å². The number of anilines is 1. The average molecular weight is 331 g/mol. The van der Waals surface area contributed by atoms with Crippen molar-refractivity contribution < 1.29 is 9.53 Å². The van der Waals surface area contributed by atoms with Crippen LogP contribution in [0.1, 0.15) is 44.6 Å². The van der Waals surface area contributed by atoms with Crippen molar-refractivity contribution in [3.8, 4) is 5.75 Å². The lowest BCUT2D eigenvalue weighted by Crippen LogP contribution is -2.46. The topological polar surface area (TPSA) is 53.6 Å². The fraction of sp³-hybridized carbons (Fsp3) is 0.632. The predicted molar refractivity (Wildman–Crippen MR) is 96.7 cm³/mol. The SMILES string of the molecule is CCCOc1cc(C)ccc1NC(=O)NC1CCN(C2CC2)CC1. The fourth-order valence-electron chi connectivity index (χ4n) is 3.26. The first-order valence-corrected chi connectivity index (χ1v) is 9.20. The Morgan fingerprint density at radius 2 is 2.00 bits per heavy atom. The van der Waals surface area contributed by atoms with Crippen LogP contribution in [0.2, 0.25) is 0 Å². The minimum atomic E-state index is -0.134. The molecule has 2 amide bonds. The number of hydrogen-bond acceptors (Lipinski definition) is 3. The lowest BCUT2D eigenvalue weighted by atomic mass is 10.1. The number of carbonyl (C=O) groups excluding carboxylic acids is 1. The maximum Gasteiger partial charge on any atom is 0.319 e. The van der Waals surface area contributed by atoms with E-state index in [-0.39, 0.29) is 12.1 Å². The van der Waals surface area contributed by atoms with Crippen molar-refractivity contribution in [3.63, 3.8) is 0 Å². The zero-order valence-corrected chi connectivity index (χ0v) is 14.8. The van der Waals surface area contributed by atoms with Gasteiger partial charge >= 0.3 is 6.03 Å². The van der Waals surface area contributed by atoms with E-state index in [4.69, 9.17) is 4.74 Å². The van der Waals surface area contributed by atoms with Crippen LogP contribution in [0.4, 0.5) is 10.5 Å². The molecule has 3 rings (SSSR count). The van der Waals surface area contributed by atoms with E-state index in [9.17, 15) is 4.79 Å². The third kappa shape index (κ3) is 4.63. The van der Waals surface area contributed by atoms with Gasteiger partial charge in [0, 0.05) is 25.2 Å². The Morgan fingerprint density at radius 3 is 2.67 bits per heavy atom. The summed E-state index contributed by atoms with van der Waals surface area (Å²) >= 11 is 0. The van der Waals surface area contributed by atoms with E-state index in [1.165, 1.54) is 12.8 Å². The van der Waals surface area contributed by atoms with Gasteiger partial charge in [0.25, 0.3) is 0 Å². The molecule has 5 heteroatoms. The first-order valence-electron chi connectivity index (χ1n) is 9.20. The van der Waals surface area contributed by atoms with Crippen LogP contribution >= 0.6 is 0 Å². The summed E-state index contributed by atoms with van der Waals surface area (Å²) in [4.78, 5) is 14.9. The number of rotatable bonds is 6. The van der Waals surface area contributed by atoms with Gasteiger partial charge in [-0.25, -0.2) is 4.79 Å². The number of piperidine rings is 1. The molecule has 1 aromatic carbocycles. The number of aryl methyl sites for hydroxylation is 1. The standard InChI is InChI=1S/C19H29N3O2/c1-3-12-24-18-13-14(2)4-7-17(18)21-19(23)20-15-8-10-22(11-9-15)16-5-6-16/h4,7,13,15-16H,3,5-6,8-12H2,1-2H3,(H2,20,21,23). The summed E-state index contributed by atoms with van der Waals surface area (Å²) in [6.07, 6.45) is 5.73. The van der Waals surface area contributed by atoms with Crippen molar-refractivity contribution in [3.05, 3.63) is 23.8 Å². The predicted octanol–water partition coefficient (Wildman–Crippen LogP) is 3.53. The highest BCUT2D eigenvalue weighted by Crippen LogP contribution is 2.29. The zero-order valence-electron chi connectivity index (χ0n) is 14.8. The molecule has 0 radical (unpaired) electrons. The second-order valence-corrected chi connectivity index (χ2v) is 6.99. The van der Waals surface area contributed by atoms with Gasteiger partial charge in [-0.15, -0.1) is 0 Å². The molecular weight excluding hydrogens is 302 g/mol.